The van der Waals surface area contributed by atoms with E-state index in [0.29, 0.717) is 18.7 Å². The molecule has 3 rings (SSSR count). The van der Waals surface area contributed by atoms with Crippen LogP contribution in [0.25, 0.3) is 0 Å². The second-order valence-corrected chi connectivity index (χ2v) is 8.11. The molecule has 0 saturated carbocycles. The summed E-state index contributed by atoms with van der Waals surface area (Å²) < 4.78 is 29.1. The Bertz CT molecular complexity index is 741. The quantitative estimate of drug-likeness (QED) is 0.732. The van der Waals surface area contributed by atoms with Gasteiger partial charge in [-0.1, -0.05) is 12.1 Å². The van der Waals surface area contributed by atoms with Gasteiger partial charge in [-0.05, 0) is 6.42 Å². The van der Waals surface area contributed by atoms with Gasteiger partial charge in [-0.2, -0.15) is 0 Å². The molecule has 1 aromatic rings. The van der Waals surface area contributed by atoms with Crippen LogP contribution in [0.15, 0.2) is 10.6 Å². The van der Waals surface area contributed by atoms with Crippen molar-refractivity contribution in [1.29, 1.82) is 0 Å². The zero-order chi connectivity index (χ0) is 16.8. The van der Waals surface area contributed by atoms with Gasteiger partial charge >= 0.3 is 0 Å². The average Bonchev–Trinajstić information content (AvgIpc) is 3.07. The highest BCUT2D eigenvalue weighted by Gasteiger charge is 2.49. The van der Waals surface area contributed by atoms with Gasteiger partial charge in [0.1, 0.15) is 0 Å². The first-order valence-electron chi connectivity index (χ1n) is 7.56. The standard InChI is InChI=1S/C14H19N3O5S/c1-3-10-6-13(22-15-10)14(19)17-5-4-16(9(2)18)11-7-23(20,21)8-12(11)17/h6,11-12H,3-5,7-8H2,1-2H3/t11-,12+/m0/s1. The number of nitrogens with zero attached hydrogens (tertiary/aromatic N) is 3. The van der Waals surface area contributed by atoms with Crippen molar-refractivity contribution >= 4 is 21.7 Å². The molecule has 2 aliphatic heterocycles. The lowest BCUT2D eigenvalue weighted by Gasteiger charge is -2.43. The van der Waals surface area contributed by atoms with Gasteiger partial charge in [-0.25, -0.2) is 8.42 Å². The monoisotopic (exact) mass is 341 g/mol. The molecule has 2 atom stereocenters. The Kier molecular flexibility index (Phi) is 3.91. The summed E-state index contributed by atoms with van der Waals surface area (Å²) in [7, 11) is -3.28. The first-order chi connectivity index (χ1) is 10.8. The highest BCUT2D eigenvalue weighted by Crippen LogP contribution is 2.28. The molecule has 2 amide bonds. The minimum Gasteiger partial charge on any atom is -0.351 e. The molecule has 2 fully saturated rings. The summed E-state index contributed by atoms with van der Waals surface area (Å²) in [4.78, 5) is 27.5. The fourth-order valence-corrected chi connectivity index (χ4v) is 5.30. The molecule has 1 aromatic heterocycles. The van der Waals surface area contributed by atoms with Crippen LogP contribution in [-0.4, -0.2) is 71.9 Å². The predicted molar refractivity (Wildman–Crippen MR) is 80.5 cm³/mol. The fraction of sp³-hybridized carbons (Fsp3) is 0.643. The first-order valence-corrected chi connectivity index (χ1v) is 9.38. The molecular weight excluding hydrogens is 322 g/mol. The van der Waals surface area contributed by atoms with E-state index in [2.05, 4.69) is 5.16 Å². The molecule has 0 aliphatic carbocycles. The maximum atomic E-state index is 12.7. The van der Waals surface area contributed by atoms with E-state index < -0.39 is 21.9 Å². The third kappa shape index (κ3) is 2.85. The minimum absolute atomic E-state index is 0.0996. The molecule has 0 bridgehead atoms. The van der Waals surface area contributed by atoms with Gasteiger partial charge in [0.2, 0.25) is 11.7 Å². The van der Waals surface area contributed by atoms with E-state index in [9.17, 15) is 18.0 Å². The largest absolute Gasteiger partial charge is 0.351 e. The molecule has 0 aromatic carbocycles. The summed E-state index contributed by atoms with van der Waals surface area (Å²) in [5, 5.41) is 3.80. The number of carbonyl (C=O) groups is 2. The molecule has 9 heteroatoms. The number of rotatable bonds is 2. The second-order valence-electron chi connectivity index (χ2n) is 5.96. The van der Waals surface area contributed by atoms with Crippen LogP contribution in [-0.2, 0) is 21.1 Å². The molecule has 3 heterocycles. The maximum Gasteiger partial charge on any atom is 0.292 e. The van der Waals surface area contributed by atoms with Crippen LogP contribution in [0.4, 0.5) is 0 Å². The highest BCUT2D eigenvalue weighted by molar-refractivity contribution is 7.91. The van der Waals surface area contributed by atoms with E-state index in [4.69, 9.17) is 4.52 Å². The fourth-order valence-electron chi connectivity index (χ4n) is 3.32. The van der Waals surface area contributed by atoms with E-state index in [-0.39, 0.29) is 35.6 Å². The van der Waals surface area contributed by atoms with Gasteiger partial charge in [-0.15, -0.1) is 0 Å². The van der Waals surface area contributed by atoms with Crippen molar-refractivity contribution in [1.82, 2.24) is 15.0 Å². The van der Waals surface area contributed by atoms with E-state index in [1.54, 1.807) is 11.0 Å². The summed E-state index contributed by atoms with van der Waals surface area (Å²) in [5.74, 6) is -0.648. The van der Waals surface area contributed by atoms with Crippen LogP contribution >= 0.6 is 0 Å². The normalized spacial score (nSPS) is 26.2. The summed E-state index contributed by atoms with van der Waals surface area (Å²) in [6, 6.07) is 0.571. The number of sulfone groups is 1. The number of hydrogen-bond donors (Lipinski definition) is 0. The minimum atomic E-state index is -3.28. The lowest BCUT2D eigenvalue weighted by atomic mass is 10.0. The van der Waals surface area contributed by atoms with E-state index in [1.807, 2.05) is 6.92 Å². The van der Waals surface area contributed by atoms with Crippen molar-refractivity contribution < 1.29 is 22.5 Å². The van der Waals surface area contributed by atoms with Crippen molar-refractivity contribution in [3.8, 4) is 0 Å². The van der Waals surface area contributed by atoms with Crippen LogP contribution < -0.4 is 0 Å². The van der Waals surface area contributed by atoms with E-state index in [1.165, 1.54) is 11.8 Å². The van der Waals surface area contributed by atoms with Gasteiger partial charge < -0.3 is 14.3 Å². The molecular formula is C14H19N3O5S. The third-order valence-electron chi connectivity index (χ3n) is 4.47. The molecule has 2 saturated heterocycles. The Morgan fingerprint density at radius 1 is 1.26 bits per heavy atom. The number of aromatic nitrogens is 1. The molecule has 23 heavy (non-hydrogen) atoms. The predicted octanol–water partition coefficient (Wildman–Crippen LogP) is -0.293. The van der Waals surface area contributed by atoms with Crippen LogP contribution in [0.1, 0.15) is 30.1 Å². The lowest BCUT2D eigenvalue weighted by Crippen LogP contribution is -2.61. The Balaban J connectivity index is 1.88. The summed E-state index contributed by atoms with van der Waals surface area (Å²) in [6.07, 6.45) is 0.648. The molecule has 0 unspecified atom stereocenters. The van der Waals surface area contributed by atoms with Gasteiger partial charge in [-0.3, -0.25) is 9.59 Å². The Morgan fingerprint density at radius 2 is 1.87 bits per heavy atom. The Hall–Kier alpha value is -1.90. The average molecular weight is 341 g/mol. The summed E-state index contributed by atoms with van der Waals surface area (Å²) in [6.45, 7) is 3.94. The van der Waals surface area contributed by atoms with E-state index >= 15 is 0 Å². The number of fused-ring (bicyclic) bond motifs is 1. The molecule has 0 N–H and O–H groups in total. The van der Waals surface area contributed by atoms with Gasteiger partial charge in [0.15, 0.2) is 9.84 Å². The molecule has 0 radical (unpaired) electrons. The first kappa shape index (κ1) is 16.0. The Labute approximate surface area is 134 Å². The maximum absolute atomic E-state index is 12.7. The second kappa shape index (κ2) is 5.63. The highest BCUT2D eigenvalue weighted by atomic mass is 32.2. The third-order valence-corrected chi connectivity index (χ3v) is 6.17. The van der Waals surface area contributed by atoms with Gasteiger partial charge in [0, 0.05) is 26.1 Å². The lowest BCUT2D eigenvalue weighted by molar-refractivity contribution is -0.133. The number of carbonyl (C=O) groups excluding carboxylic acids is 2. The van der Waals surface area contributed by atoms with Crippen molar-refractivity contribution in [2.24, 2.45) is 0 Å². The van der Waals surface area contributed by atoms with E-state index in [0.717, 1.165) is 0 Å². The number of amides is 2. The summed E-state index contributed by atoms with van der Waals surface area (Å²) >= 11 is 0. The van der Waals surface area contributed by atoms with Crippen LogP contribution in [0.3, 0.4) is 0 Å². The summed E-state index contributed by atoms with van der Waals surface area (Å²) in [5.41, 5.74) is 0.673. The van der Waals surface area contributed by atoms with Crippen LogP contribution in [0, 0.1) is 0 Å². The number of hydrogen-bond acceptors (Lipinski definition) is 6. The van der Waals surface area contributed by atoms with Crippen molar-refractivity contribution in [3.63, 3.8) is 0 Å². The number of aryl methyl sites for hydroxylation is 1. The molecule has 2 aliphatic rings. The van der Waals surface area contributed by atoms with Crippen molar-refractivity contribution in [2.75, 3.05) is 24.6 Å². The van der Waals surface area contributed by atoms with Crippen molar-refractivity contribution in [3.05, 3.63) is 17.5 Å². The molecule has 0 spiro atoms. The zero-order valence-electron chi connectivity index (χ0n) is 13.1. The molecule has 126 valence electrons. The van der Waals surface area contributed by atoms with Gasteiger partial charge in [0.05, 0.1) is 29.3 Å². The van der Waals surface area contributed by atoms with Crippen LogP contribution in [0.5, 0.6) is 0 Å². The zero-order valence-corrected chi connectivity index (χ0v) is 13.9. The SMILES string of the molecule is CCc1cc(C(=O)N2CCN(C(C)=O)[C@H]3CS(=O)(=O)C[C@H]32)on1. The van der Waals surface area contributed by atoms with Gasteiger partial charge in [0.25, 0.3) is 5.91 Å². The molecule has 8 nitrogen and oxygen atoms in total. The topological polar surface area (TPSA) is 101 Å². The van der Waals surface area contributed by atoms with Crippen molar-refractivity contribution in [2.45, 2.75) is 32.4 Å². The number of piperazine rings is 1. The van der Waals surface area contributed by atoms with Crippen LogP contribution in [0.2, 0.25) is 0 Å². The smallest absolute Gasteiger partial charge is 0.292 e. The Morgan fingerprint density at radius 3 is 2.43 bits per heavy atom.